The molecule has 6 heteroatoms. The molecule has 0 atom stereocenters. The molecule has 4 nitrogen and oxygen atoms in total. The first-order valence-corrected chi connectivity index (χ1v) is 6.24. The van der Waals surface area contributed by atoms with Crippen LogP contribution in [0.25, 0.3) is 0 Å². The predicted octanol–water partition coefficient (Wildman–Crippen LogP) is 3.00. The molecule has 0 aliphatic carbocycles. The van der Waals surface area contributed by atoms with Crippen LogP contribution in [0.3, 0.4) is 0 Å². The fourth-order valence-corrected chi connectivity index (χ4v) is 1.83. The van der Waals surface area contributed by atoms with Crippen LogP contribution in [0.15, 0.2) is 35.4 Å². The van der Waals surface area contributed by atoms with Crippen LogP contribution < -0.4 is 5.32 Å². The van der Waals surface area contributed by atoms with Crippen LogP contribution in [0.2, 0.25) is 0 Å². The van der Waals surface area contributed by atoms with Gasteiger partial charge in [0.25, 0.3) is 0 Å². The van der Waals surface area contributed by atoms with Crippen LogP contribution in [0.1, 0.15) is 0 Å². The van der Waals surface area contributed by atoms with Crippen molar-refractivity contribution in [2.75, 3.05) is 11.6 Å². The number of thioether (sulfide) groups is 1. The van der Waals surface area contributed by atoms with Crippen molar-refractivity contribution in [3.05, 3.63) is 35.2 Å². The number of hydrogen-bond acceptors (Lipinski definition) is 5. The minimum absolute atomic E-state index is 0.367. The lowest BCUT2D eigenvalue weighted by Crippen LogP contribution is -1.96. The molecule has 1 aromatic carbocycles. The third-order valence-electron chi connectivity index (χ3n) is 1.91. The maximum atomic E-state index is 4.89. The number of aromatic amines is 1. The van der Waals surface area contributed by atoms with E-state index in [-0.39, 0.29) is 0 Å². The fourth-order valence-electron chi connectivity index (χ4n) is 1.22. The molecule has 2 aromatic rings. The van der Waals surface area contributed by atoms with Gasteiger partial charge in [-0.3, -0.25) is 5.10 Å². The molecule has 0 bridgehead atoms. The molecule has 1 aromatic heterocycles. The summed E-state index contributed by atoms with van der Waals surface area (Å²) >= 11 is 6.59. The van der Waals surface area contributed by atoms with E-state index in [1.807, 2.05) is 24.5 Å². The summed E-state index contributed by atoms with van der Waals surface area (Å²) in [6, 6.07) is 8.07. The topological polar surface area (TPSA) is 53.6 Å². The molecular formula is C10H10N4S2. The summed E-state index contributed by atoms with van der Waals surface area (Å²) in [4.78, 5) is 5.30. The highest BCUT2D eigenvalue weighted by atomic mass is 32.2. The number of H-pyrrole nitrogens is 1. The number of benzene rings is 1. The van der Waals surface area contributed by atoms with E-state index in [2.05, 4.69) is 26.6 Å². The molecule has 1 heterocycles. The highest BCUT2D eigenvalue weighted by Gasteiger charge is 1.97. The second-order valence-electron chi connectivity index (χ2n) is 3.03. The number of hydrogen-bond donors (Lipinski definition) is 2. The number of anilines is 2. The molecule has 2 N–H and O–H groups in total. The summed E-state index contributed by atoms with van der Waals surface area (Å²) in [6.07, 6.45) is 3.64. The van der Waals surface area contributed by atoms with Crippen molar-refractivity contribution in [1.29, 1.82) is 0 Å². The van der Waals surface area contributed by atoms with Gasteiger partial charge in [-0.2, -0.15) is 10.1 Å². The highest BCUT2D eigenvalue weighted by Crippen LogP contribution is 2.20. The average Bonchev–Trinajstić information content (AvgIpc) is 2.29. The van der Waals surface area contributed by atoms with E-state index >= 15 is 0 Å². The van der Waals surface area contributed by atoms with Gasteiger partial charge in [0.15, 0.2) is 5.82 Å². The Kier molecular flexibility index (Phi) is 3.53. The zero-order valence-corrected chi connectivity index (χ0v) is 10.2. The zero-order valence-electron chi connectivity index (χ0n) is 8.60. The molecule has 0 radical (unpaired) electrons. The van der Waals surface area contributed by atoms with E-state index in [0.29, 0.717) is 10.6 Å². The van der Waals surface area contributed by atoms with E-state index < -0.39 is 0 Å². The number of nitrogens with zero attached hydrogens (tertiary/aromatic N) is 2. The predicted molar refractivity (Wildman–Crippen MR) is 68.7 cm³/mol. The summed E-state index contributed by atoms with van der Waals surface area (Å²) in [6.45, 7) is 0. The Morgan fingerprint density at radius 2 is 2.31 bits per heavy atom. The van der Waals surface area contributed by atoms with Crippen LogP contribution in [0.4, 0.5) is 11.5 Å². The molecule has 16 heavy (non-hydrogen) atoms. The van der Waals surface area contributed by atoms with Crippen LogP contribution >= 0.6 is 24.0 Å². The van der Waals surface area contributed by atoms with Crippen molar-refractivity contribution >= 4 is 35.5 Å². The van der Waals surface area contributed by atoms with Crippen molar-refractivity contribution in [2.24, 2.45) is 0 Å². The third kappa shape index (κ3) is 2.80. The number of rotatable bonds is 3. The molecule has 0 aliphatic rings. The van der Waals surface area contributed by atoms with E-state index in [1.165, 1.54) is 4.90 Å². The normalized spacial score (nSPS) is 10.1. The minimum Gasteiger partial charge on any atom is -0.339 e. The minimum atomic E-state index is 0.367. The maximum Gasteiger partial charge on any atom is 0.215 e. The van der Waals surface area contributed by atoms with Crippen LogP contribution in [0, 0.1) is 4.77 Å². The Balaban J connectivity index is 2.23. The monoisotopic (exact) mass is 250 g/mol. The first-order chi connectivity index (χ1) is 7.78. The molecule has 0 unspecified atom stereocenters. The van der Waals surface area contributed by atoms with Crippen molar-refractivity contribution < 1.29 is 0 Å². The molecule has 0 saturated carbocycles. The second kappa shape index (κ2) is 5.09. The maximum absolute atomic E-state index is 4.89. The SMILES string of the molecule is CSc1cccc(Nc2cn[nH]c(=S)n2)c1. The number of aromatic nitrogens is 3. The van der Waals surface area contributed by atoms with Gasteiger partial charge < -0.3 is 5.32 Å². The first-order valence-electron chi connectivity index (χ1n) is 4.61. The lowest BCUT2D eigenvalue weighted by Gasteiger charge is -2.05. The molecule has 0 fully saturated rings. The van der Waals surface area contributed by atoms with Crippen molar-refractivity contribution in [1.82, 2.24) is 15.2 Å². The summed E-state index contributed by atoms with van der Waals surface area (Å²) in [7, 11) is 0. The van der Waals surface area contributed by atoms with Gasteiger partial charge in [-0.1, -0.05) is 6.07 Å². The van der Waals surface area contributed by atoms with Crippen LogP contribution in [-0.4, -0.2) is 21.4 Å². The average molecular weight is 250 g/mol. The van der Waals surface area contributed by atoms with Gasteiger partial charge >= 0.3 is 0 Å². The first kappa shape index (κ1) is 11.1. The van der Waals surface area contributed by atoms with Gasteiger partial charge in [0.2, 0.25) is 4.77 Å². The van der Waals surface area contributed by atoms with E-state index in [0.717, 1.165) is 5.69 Å². The lowest BCUT2D eigenvalue weighted by atomic mass is 10.3. The van der Waals surface area contributed by atoms with Gasteiger partial charge in [-0.05, 0) is 36.7 Å². The largest absolute Gasteiger partial charge is 0.339 e. The molecule has 0 aliphatic heterocycles. The number of nitrogens with one attached hydrogen (secondary N) is 2. The smallest absolute Gasteiger partial charge is 0.215 e. The molecule has 0 saturated heterocycles. The Hall–Kier alpha value is -1.40. The molecule has 82 valence electrons. The molecule has 2 rings (SSSR count). The van der Waals surface area contributed by atoms with Gasteiger partial charge in [-0.15, -0.1) is 11.8 Å². The zero-order chi connectivity index (χ0) is 11.4. The quantitative estimate of drug-likeness (QED) is 0.648. The second-order valence-corrected chi connectivity index (χ2v) is 4.30. The summed E-state index contributed by atoms with van der Waals surface area (Å²) < 4.78 is 0.367. The summed E-state index contributed by atoms with van der Waals surface area (Å²) in [5, 5.41) is 9.60. The summed E-state index contributed by atoms with van der Waals surface area (Å²) in [5.41, 5.74) is 0.974. The highest BCUT2D eigenvalue weighted by molar-refractivity contribution is 7.98. The molecule has 0 spiro atoms. The van der Waals surface area contributed by atoms with E-state index in [4.69, 9.17) is 12.2 Å². The van der Waals surface area contributed by atoms with Crippen molar-refractivity contribution in [2.45, 2.75) is 4.90 Å². The van der Waals surface area contributed by atoms with Gasteiger partial charge in [-0.25, -0.2) is 0 Å². The summed E-state index contributed by atoms with van der Waals surface area (Å²) in [5.74, 6) is 0.641. The Morgan fingerprint density at radius 1 is 1.44 bits per heavy atom. The molecule has 0 amide bonds. The van der Waals surface area contributed by atoms with Crippen LogP contribution in [0.5, 0.6) is 0 Å². The standard InChI is InChI=1S/C10H10N4S2/c1-16-8-4-2-3-7(5-8)12-9-6-11-14-10(15)13-9/h2-6H,1H3,(H2,12,13,14,15). The lowest BCUT2D eigenvalue weighted by molar-refractivity contribution is 0.953. The van der Waals surface area contributed by atoms with Gasteiger partial charge in [0.1, 0.15) is 0 Å². The van der Waals surface area contributed by atoms with Gasteiger partial charge in [0.05, 0.1) is 6.20 Å². The Labute approximate surface area is 103 Å². The van der Waals surface area contributed by atoms with E-state index in [1.54, 1.807) is 18.0 Å². The Morgan fingerprint density at radius 3 is 3.06 bits per heavy atom. The van der Waals surface area contributed by atoms with E-state index in [9.17, 15) is 0 Å². The van der Waals surface area contributed by atoms with Crippen molar-refractivity contribution in [3.8, 4) is 0 Å². The third-order valence-corrected chi connectivity index (χ3v) is 2.82. The Bertz CT molecular complexity index is 538. The van der Waals surface area contributed by atoms with Gasteiger partial charge in [0, 0.05) is 10.6 Å². The van der Waals surface area contributed by atoms with Crippen LogP contribution in [-0.2, 0) is 0 Å². The van der Waals surface area contributed by atoms with Crippen molar-refractivity contribution in [3.63, 3.8) is 0 Å². The molecular weight excluding hydrogens is 240 g/mol. The fraction of sp³-hybridized carbons (Fsp3) is 0.100.